The minimum atomic E-state index is -1.38. The molecule has 8 nitrogen and oxygen atoms in total. The Morgan fingerprint density at radius 2 is 1.87 bits per heavy atom. The largest absolute Gasteiger partial charge is 0.449 e. The molecule has 1 aromatic heterocycles. The maximum Gasteiger partial charge on any atom is 0.407 e. The highest BCUT2D eigenvalue weighted by atomic mass is 32.2. The molecule has 204 valence electrons. The van der Waals surface area contributed by atoms with Gasteiger partial charge in [0.25, 0.3) is 11.1 Å². The Balaban J connectivity index is 1.29. The van der Waals surface area contributed by atoms with Crippen LogP contribution >= 0.6 is 11.8 Å². The summed E-state index contributed by atoms with van der Waals surface area (Å²) in [5.74, 6) is 0.211. The first-order valence-electron chi connectivity index (χ1n) is 13.3. The molecular formula is C29H37N3O5S. The summed E-state index contributed by atoms with van der Waals surface area (Å²) in [6.07, 6.45) is 3.09. The number of aromatic nitrogens is 1. The van der Waals surface area contributed by atoms with Crippen molar-refractivity contribution in [2.75, 3.05) is 12.4 Å². The van der Waals surface area contributed by atoms with Crippen LogP contribution in [0.2, 0.25) is 0 Å². The van der Waals surface area contributed by atoms with Crippen LogP contribution in [0.15, 0.2) is 64.2 Å². The van der Waals surface area contributed by atoms with Gasteiger partial charge in [0.1, 0.15) is 5.52 Å². The van der Waals surface area contributed by atoms with E-state index in [9.17, 15) is 14.7 Å². The lowest BCUT2D eigenvalue weighted by Crippen LogP contribution is -2.51. The van der Waals surface area contributed by atoms with E-state index in [1.165, 1.54) is 11.8 Å². The molecule has 2 amide bonds. The minimum absolute atomic E-state index is 0.136. The average molecular weight is 540 g/mol. The molecular weight excluding hydrogens is 502 g/mol. The summed E-state index contributed by atoms with van der Waals surface area (Å²) in [7, 11) is 0. The van der Waals surface area contributed by atoms with Crippen molar-refractivity contribution in [3.05, 3.63) is 60.2 Å². The number of rotatable bonds is 13. The smallest absolute Gasteiger partial charge is 0.407 e. The van der Waals surface area contributed by atoms with Crippen molar-refractivity contribution >= 4 is 34.9 Å². The SMILES string of the molecule is CCCC[C@H](NC(=O)OCC1(CSc2nc3ccccc3o2)CCC1)C(O)C(=O)N[C@H](C)c1ccccc1. The second kappa shape index (κ2) is 13.2. The normalized spacial score (nSPS) is 16.7. The third kappa shape index (κ3) is 7.29. The number of hydrogen-bond donors (Lipinski definition) is 3. The van der Waals surface area contributed by atoms with E-state index in [1.807, 2.05) is 68.4 Å². The number of oxazole rings is 1. The van der Waals surface area contributed by atoms with Gasteiger partial charge in [0.2, 0.25) is 0 Å². The Labute approximate surface area is 227 Å². The lowest BCUT2D eigenvalue weighted by Gasteiger charge is -2.40. The molecule has 1 heterocycles. The summed E-state index contributed by atoms with van der Waals surface area (Å²) >= 11 is 1.54. The molecule has 3 atom stereocenters. The van der Waals surface area contributed by atoms with E-state index in [0.717, 1.165) is 54.5 Å². The number of benzene rings is 2. The number of unbranched alkanes of at least 4 members (excludes halogenated alkanes) is 1. The minimum Gasteiger partial charge on any atom is -0.449 e. The highest BCUT2D eigenvalue weighted by molar-refractivity contribution is 7.99. The molecule has 0 spiro atoms. The molecule has 1 fully saturated rings. The van der Waals surface area contributed by atoms with Crippen molar-refractivity contribution in [2.24, 2.45) is 5.41 Å². The second-order valence-corrected chi connectivity index (χ2v) is 11.1. The first kappa shape index (κ1) is 28.0. The summed E-state index contributed by atoms with van der Waals surface area (Å²) < 4.78 is 11.4. The Morgan fingerprint density at radius 3 is 2.55 bits per heavy atom. The third-order valence-electron chi connectivity index (χ3n) is 7.18. The third-order valence-corrected chi connectivity index (χ3v) is 8.36. The Morgan fingerprint density at radius 1 is 1.13 bits per heavy atom. The summed E-state index contributed by atoms with van der Waals surface area (Å²) in [5.41, 5.74) is 2.38. The highest BCUT2D eigenvalue weighted by Gasteiger charge is 2.39. The lowest BCUT2D eigenvalue weighted by molar-refractivity contribution is -0.131. The monoisotopic (exact) mass is 539 g/mol. The number of thioether (sulfide) groups is 1. The molecule has 1 aliphatic carbocycles. The van der Waals surface area contributed by atoms with Crippen molar-refractivity contribution in [1.82, 2.24) is 15.6 Å². The van der Waals surface area contributed by atoms with Gasteiger partial charge in [-0.2, -0.15) is 0 Å². The van der Waals surface area contributed by atoms with Crippen LogP contribution in [-0.4, -0.2) is 46.6 Å². The number of carbonyl (C=O) groups is 2. The molecule has 1 unspecified atom stereocenters. The van der Waals surface area contributed by atoms with Gasteiger partial charge in [-0.15, -0.1) is 0 Å². The predicted molar refractivity (Wildman–Crippen MR) is 148 cm³/mol. The van der Waals surface area contributed by atoms with Gasteiger partial charge in [0, 0.05) is 11.2 Å². The molecule has 2 aromatic carbocycles. The number of aliphatic hydroxyl groups is 1. The van der Waals surface area contributed by atoms with E-state index in [4.69, 9.17) is 9.15 Å². The van der Waals surface area contributed by atoms with E-state index in [0.29, 0.717) is 11.6 Å². The first-order chi connectivity index (χ1) is 18.4. The van der Waals surface area contributed by atoms with Crippen molar-refractivity contribution in [3.8, 4) is 0 Å². The first-order valence-corrected chi connectivity index (χ1v) is 14.3. The zero-order valence-electron chi connectivity index (χ0n) is 22.0. The molecule has 0 saturated heterocycles. The van der Waals surface area contributed by atoms with Crippen LogP contribution in [0.3, 0.4) is 0 Å². The quantitative estimate of drug-likeness (QED) is 0.242. The zero-order chi connectivity index (χ0) is 27.0. The molecule has 0 aliphatic heterocycles. The lowest BCUT2D eigenvalue weighted by atomic mass is 9.71. The molecule has 4 rings (SSSR count). The summed E-state index contributed by atoms with van der Waals surface area (Å²) in [5, 5.41) is 17.0. The topological polar surface area (TPSA) is 114 Å². The van der Waals surface area contributed by atoms with Crippen LogP contribution in [0, 0.1) is 5.41 Å². The number of amides is 2. The fraction of sp³-hybridized carbons (Fsp3) is 0.483. The predicted octanol–water partition coefficient (Wildman–Crippen LogP) is 5.61. The fourth-order valence-corrected chi connectivity index (χ4v) is 5.70. The van der Waals surface area contributed by atoms with Crippen LogP contribution in [0.4, 0.5) is 4.79 Å². The number of carbonyl (C=O) groups excluding carboxylic acids is 2. The number of ether oxygens (including phenoxy) is 1. The van der Waals surface area contributed by atoms with Gasteiger partial charge in [0.05, 0.1) is 18.7 Å². The zero-order valence-corrected chi connectivity index (χ0v) is 22.8. The van der Waals surface area contributed by atoms with Gasteiger partial charge in [-0.25, -0.2) is 9.78 Å². The molecule has 0 radical (unpaired) electrons. The maximum atomic E-state index is 12.8. The van der Waals surface area contributed by atoms with Crippen LogP contribution in [0.1, 0.15) is 64.0 Å². The Hall–Kier alpha value is -3.04. The number of nitrogens with zero attached hydrogens (tertiary/aromatic N) is 1. The summed E-state index contributed by atoms with van der Waals surface area (Å²) in [6, 6.07) is 16.2. The van der Waals surface area contributed by atoms with Crippen molar-refractivity contribution in [1.29, 1.82) is 0 Å². The Bertz CT molecular complexity index is 1160. The standard InChI is InChI=1S/C29H37N3O5S/c1-3-4-13-23(25(33)26(34)30-20(2)21-11-6-5-7-12-21)31-27(35)36-18-29(16-10-17-29)19-38-28-32-22-14-8-9-15-24(22)37-28/h5-9,11-12,14-15,20,23,25,33H,3-4,10,13,16-19H2,1-2H3,(H,30,34)(H,31,35)/t20-,23+,25?/m1/s1. The molecule has 1 aliphatic rings. The van der Waals surface area contributed by atoms with Crippen molar-refractivity contribution in [3.63, 3.8) is 0 Å². The molecule has 1 saturated carbocycles. The van der Waals surface area contributed by atoms with E-state index < -0.39 is 24.1 Å². The number of hydrogen-bond acceptors (Lipinski definition) is 7. The Kier molecular flexibility index (Phi) is 9.69. The average Bonchev–Trinajstić information content (AvgIpc) is 3.33. The van der Waals surface area contributed by atoms with E-state index in [-0.39, 0.29) is 18.1 Å². The summed E-state index contributed by atoms with van der Waals surface area (Å²) in [6.45, 7) is 4.15. The number of aliphatic hydroxyl groups excluding tert-OH is 1. The number of para-hydroxylation sites is 2. The maximum absolute atomic E-state index is 12.8. The number of fused-ring (bicyclic) bond motifs is 1. The van der Waals surface area contributed by atoms with Gasteiger partial charge < -0.3 is 24.9 Å². The van der Waals surface area contributed by atoms with Crippen LogP contribution in [0.5, 0.6) is 0 Å². The molecule has 0 bridgehead atoms. The van der Waals surface area contributed by atoms with Crippen molar-refractivity contribution in [2.45, 2.75) is 75.8 Å². The van der Waals surface area contributed by atoms with Crippen LogP contribution < -0.4 is 10.6 Å². The number of alkyl carbamates (subject to hydrolysis) is 1. The second-order valence-electron chi connectivity index (χ2n) is 10.1. The van der Waals surface area contributed by atoms with Crippen molar-refractivity contribution < 1.29 is 23.8 Å². The number of nitrogens with one attached hydrogen (secondary N) is 2. The fourth-order valence-electron chi connectivity index (χ4n) is 4.59. The molecule has 3 N–H and O–H groups in total. The van der Waals surface area contributed by atoms with Gasteiger partial charge >= 0.3 is 6.09 Å². The van der Waals surface area contributed by atoms with Crippen LogP contribution in [0.25, 0.3) is 11.1 Å². The molecule has 38 heavy (non-hydrogen) atoms. The van der Waals surface area contributed by atoms with Gasteiger partial charge in [-0.3, -0.25) is 4.79 Å². The van der Waals surface area contributed by atoms with E-state index >= 15 is 0 Å². The van der Waals surface area contributed by atoms with Gasteiger partial charge in [-0.05, 0) is 43.9 Å². The molecule has 3 aromatic rings. The molecule has 9 heteroatoms. The van der Waals surface area contributed by atoms with Gasteiger partial charge in [-0.1, -0.05) is 80.4 Å². The highest BCUT2D eigenvalue weighted by Crippen LogP contribution is 2.45. The van der Waals surface area contributed by atoms with Gasteiger partial charge in [0.15, 0.2) is 11.7 Å². The van der Waals surface area contributed by atoms with E-state index in [1.54, 1.807) is 0 Å². The van der Waals surface area contributed by atoms with E-state index in [2.05, 4.69) is 15.6 Å². The summed E-state index contributed by atoms with van der Waals surface area (Å²) in [4.78, 5) is 30.1. The van der Waals surface area contributed by atoms with Crippen LogP contribution in [-0.2, 0) is 9.53 Å².